The molecule has 2 heterocycles. The van der Waals surface area contributed by atoms with E-state index in [4.69, 9.17) is 9.47 Å². The number of rotatable bonds is 6. The van der Waals surface area contributed by atoms with Crippen molar-refractivity contribution >= 4 is 11.7 Å². The summed E-state index contributed by atoms with van der Waals surface area (Å²) in [6.45, 7) is 3.61. The van der Waals surface area contributed by atoms with E-state index >= 15 is 0 Å². The number of urea groups is 1. The summed E-state index contributed by atoms with van der Waals surface area (Å²) in [7, 11) is 0. The maximum atomic E-state index is 12.2. The predicted molar refractivity (Wildman–Crippen MR) is 85.3 cm³/mol. The second-order valence-corrected chi connectivity index (χ2v) is 5.83. The Morgan fingerprint density at radius 2 is 2.32 bits per heavy atom. The van der Waals surface area contributed by atoms with Crippen LogP contribution in [-0.2, 0) is 15.9 Å². The summed E-state index contributed by atoms with van der Waals surface area (Å²) < 4.78 is 11.1. The summed E-state index contributed by atoms with van der Waals surface area (Å²) in [5.41, 5.74) is 2.28. The maximum Gasteiger partial charge on any atom is 0.321 e. The van der Waals surface area contributed by atoms with Crippen molar-refractivity contribution in [3.8, 4) is 0 Å². The SMILES string of the molecule is O=C(NCCCOCC1CCCO1)N1CCc2ccccc21. The molecular weight excluding hydrogens is 280 g/mol. The predicted octanol–water partition coefficient (Wildman–Crippen LogP) is 2.34. The van der Waals surface area contributed by atoms with E-state index in [2.05, 4.69) is 11.4 Å². The molecule has 0 aliphatic carbocycles. The summed E-state index contributed by atoms with van der Waals surface area (Å²) in [4.78, 5) is 14.0. The van der Waals surface area contributed by atoms with Crippen LogP contribution in [-0.4, -0.2) is 45.0 Å². The Balaban J connectivity index is 1.31. The number of carbonyl (C=O) groups excluding carboxylic acids is 1. The lowest BCUT2D eigenvalue weighted by Gasteiger charge is -2.18. The van der Waals surface area contributed by atoms with E-state index in [0.717, 1.165) is 44.5 Å². The van der Waals surface area contributed by atoms with Gasteiger partial charge < -0.3 is 14.8 Å². The molecule has 2 aliphatic rings. The highest BCUT2D eigenvalue weighted by atomic mass is 16.5. The minimum atomic E-state index is -0.0101. The van der Waals surface area contributed by atoms with Crippen LogP contribution in [0.2, 0.25) is 0 Å². The van der Waals surface area contributed by atoms with Crippen molar-refractivity contribution in [1.29, 1.82) is 0 Å². The fraction of sp³-hybridized carbons (Fsp3) is 0.588. The lowest BCUT2D eigenvalue weighted by atomic mass is 10.2. The van der Waals surface area contributed by atoms with Crippen molar-refractivity contribution in [1.82, 2.24) is 5.32 Å². The molecule has 5 heteroatoms. The molecule has 0 radical (unpaired) electrons. The smallest absolute Gasteiger partial charge is 0.321 e. The van der Waals surface area contributed by atoms with Gasteiger partial charge in [0.2, 0.25) is 0 Å². The zero-order valence-corrected chi connectivity index (χ0v) is 12.9. The molecule has 5 nitrogen and oxygen atoms in total. The van der Waals surface area contributed by atoms with Crippen molar-refractivity contribution in [2.45, 2.75) is 31.8 Å². The van der Waals surface area contributed by atoms with Gasteiger partial charge in [-0.2, -0.15) is 0 Å². The van der Waals surface area contributed by atoms with Gasteiger partial charge in [0.25, 0.3) is 0 Å². The van der Waals surface area contributed by atoms with E-state index in [1.807, 2.05) is 23.1 Å². The van der Waals surface area contributed by atoms with E-state index in [-0.39, 0.29) is 12.1 Å². The molecule has 3 rings (SSSR count). The van der Waals surface area contributed by atoms with Crippen molar-refractivity contribution in [2.24, 2.45) is 0 Å². The average molecular weight is 304 g/mol. The number of nitrogens with one attached hydrogen (secondary N) is 1. The van der Waals surface area contributed by atoms with Crippen LogP contribution in [0, 0.1) is 0 Å². The van der Waals surface area contributed by atoms with E-state index in [0.29, 0.717) is 19.8 Å². The van der Waals surface area contributed by atoms with Gasteiger partial charge in [-0.3, -0.25) is 4.90 Å². The highest BCUT2D eigenvalue weighted by molar-refractivity contribution is 5.94. The number of nitrogens with zero attached hydrogens (tertiary/aromatic N) is 1. The third kappa shape index (κ3) is 3.78. The molecule has 22 heavy (non-hydrogen) atoms. The summed E-state index contributed by atoms with van der Waals surface area (Å²) >= 11 is 0. The second kappa shape index (κ2) is 7.61. The van der Waals surface area contributed by atoms with Gasteiger partial charge in [0.1, 0.15) is 0 Å². The van der Waals surface area contributed by atoms with Crippen molar-refractivity contribution < 1.29 is 14.3 Å². The van der Waals surface area contributed by atoms with Crippen molar-refractivity contribution in [3.05, 3.63) is 29.8 Å². The van der Waals surface area contributed by atoms with Crippen LogP contribution in [0.1, 0.15) is 24.8 Å². The van der Waals surface area contributed by atoms with E-state index < -0.39 is 0 Å². The number of hydrogen-bond acceptors (Lipinski definition) is 3. The molecule has 1 atom stereocenters. The molecule has 120 valence electrons. The fourth-order valence-electron chi connectivity index (χ4n) is 3.00. The third-order valence-electron chi connectivity index (χ3n) is 4.20. The van der Waals surface area contributed by atoms with Crippen LogP contribution in [0.15, 0.2) is 24.3 Å². The summed E-state index contributed by atoms with van der Waals surface area (Å²) in [5.74, 6) is 0. The zero-order valence-electron chi connectivity index (χ0n) is 12.9. The number of hydrogen-bond donors (Lipinski definition) is 1. The first-order chi connectivity index (χ1) is 10.8. The number of para-hydroxylation sites is 1. The minimum absolute atomic E-state index is 0.0101. The Morgan fingerprint density at radius 3 is 3.18 bits per heavy atom. The van der Waals surface area contributed by atoms with Crippen LogP contribution in [0.25, 0.3) is 0 Å². The molecule has 2 aliphatic heterocycles. The van der Waals surface area contributed by atoms with Gasteiger partial charge in [0.05, 0.1) is 12.7 Å². The Kier molecular flexibility index (Phi) is 5.29. The molecule has 0 spiro atoms. The first-order valence-electron chi connectivity index (χ1n) is 8.17. The first kappa shape index (κ1) is 15.3. The lowest BCUT2D eigenvalue weighted by Crippen LogP contribution is -2.39. The Hall–Kier alpha value is -1.59. The largest absolute Gasteiger partial charge is 0.379 e. The summed E-state index contributed by atoms with van der Waals surface area (Å²) in [6, 6.07) is 8.08. The van der Waals surface area contributed by atoms with E-state index in [1.165, 1.54) is 5.56 Å². The average Bonchev–Trinajstić information content (AvgIpc) is 3.19. The van der Waals surface area contributed by atoms with Crippen LogP contribution in [0.3, 0.4) is 0 Å². The van der Waals surface area contributed by atoms with Gasteiger partial charge in [-0.1, -0.05) is 18.2 Å². The molecule has 0 bridgehead atoms. The molecule has 1 fully saturated rings. The lowest BCUT2D eigenvalue weighted by molar-refractivity contribution is 0.0168. The van der Waals surface area contributed by atoms with Crippen molar-refractivity contribution in [3.63, 3.8) is 0 Å². The Labute approximate surface area is 131 Å². The van der Waals surface area contributed by atoms with Crippen LogP contribution < -0.4 is 10.2 Å². The van der Waals surface area contributed by atoms with Crippen LogP contribution in [0.4, 0.5) is 10.5 Å². The number of fused-ring (bicyclic) bond motifs is 1. The monoisotopic (exact) mass is 304 g/mol. The molecule has 2 amide bonds. The van der Waals surface area contributed by atoms with E-state index in [1.54, 1.807) is 0 Å². The number of carbonyl (C=O) groups is 1. The molecule has 1 aromatic carbocycles. The van der Waals surface area contributed by atoms with E-state index in [9.17, 15) is 4.79 Å². The van der Waals surface area contributed by atoms with Crippen molar-refractivity contribution in [2.75, 3.05) is 37.8 Å². The normalized spacial score (nSPS) is 20.2. The number of ether oxygens (including phenoxy) is 2. The van der Waals surface area contributed by atoms with Crippen LogP contribution in [0.5, 0.6) is 0 Å². The number of benzene rings is 1. The Morgan fingerprint density at radius 1 is 1.41 bits per heavy atom. The van der Waals surface area contributed by atoms with Gasteiger partial charge in [-0.15, -0.1) is 0 Å². The Bertz CT molecular complexity index is 500. The second-order valence-electron chi connectivity index (χ2n) is 5.83. The topological polar surface area (TPSA) is 50.8 Å². The highest BCUT2D eigenvalue weighted by Gasteiger charge is 2.23. The molecule has 0 aromatic heterocycles. The minimum Gasteiger partial charge on any atom is -0.379 e. The quantitative estimate of drug-likeness (QED) is 0.821. The highest BCUT2D eigenvalue weighted by Crippen LogP contribution is 2.27. The first-order valence-corrected chi connectivity index (χ1v) is 8.17. The molecule has 1 unspecified atom stereocenters. The number of anilines is 1. The zero-order chi connectivity index (χ0) is 15.2. The fourth-order valence-corrected chi connectivity index (χ4v) is 3.00. The molecule has 0 saturated carbocycles. The summed E-state index contributed by atoms with van der Waals surface area (Å²) in [5, 5.41) is 2.97. The maximum absolute atomic E-state index is 12.2. The third-order valence-corrected chi connectivity index (χ3v) is 4.20. The standard InChI is InChI=1S/C17H24N2O3/c20-17(19-10-8-14-5-1-2-7-16(14)19)18-9-4-11-21-13-15-6-3-12-22-15/h1-2,5,7,15H,3-4,6,8-13H2,(H,18,20). The van der Waals surface area contributed by atoms with Gasteiger partial charge in [0, 0.05) is 32.0 Å². The van der Waals surface area contributed by atoms with Gasteiger partial charge >= 0.3 is 6.03 Å². The number of amides is 2. The van der Waals surface area contributed by atoms with Gasteiger partial charge in [-0.25, -0.2) is 4.79 Å². The van der Waals surface area contributed by atoms with Gasteiger partial charge in [0.15, 0.2) is 0 Å². The molecule has 1 aromatic rings. The molecular formula is C17H24N2O3. The van der Waals surface area contributed by atoms with Gasteiger partial charge in [-0.05, 0) is 37.3 Å². The summed E-state index contributed by atoms with van der Waals surface area (Å²) in [6.07, 6.45) is 4.28. The van der Waals surface area contributed by atoms with Crippen LogP contribution >= 0.6 is 0 Å². The molecule has 1 N–H and O–H groups in total. The molecule has 1 saturated heterocycles.